The van der Waals surface area contributed by atoms with Crippen LogP contribution in [-0.2, 0) is 0 Å². The molecule has 1 aliphatic carbocycles. The second-order valence-corrected chi connectivity index (χ2v) is 7.37. The van der Waals surface area contributed by atoms with E-state index in [-0.39, 0.29) is 0 Å². The molecule has 0 amide bonds. The third-order valence-corrected chi connectivity index (χ3v) is 5.36. The zero-order valence-electron chi connectivity index (χ0n) is 14.7. The SMILES string of the molecule is C=CCCC1CCC(C#Cc2ccc(-c3ccc(Cl)cc3)cc2)CC1. The predicted octanol–water partition coefficient (Wildman–Crippen LogP) is 7.13. The van der Waals surface area contributed by atoms with E-state index in [1.165, 1.54) is 43.2 Å². The van der Waals surface area contributed by atoms with Crippen LogP contribution < -0.4 is 0 Å². The van der Waals surface area contributed by atoms with Crippen LogP contribution in [0.3, 0.4) is 0 Å². The van der Waals surface area contributed by atoms with Gasteiger partial charge in [-0.2, -0.15) is 0 Å². The molecule has 2 aromatic carbocycles. The summed E-state index contributed by atoms with van der Waals surface area (Å²) in [4.78, 5) is 0. The standard InChI is InChI=1S/C24H25Cl/c1-2-3-4-19-5-7-20(8-6-19)9-10-21-11-13-22(14-12-21)23-15-17-24(25)18-16-23/h2,11-20H,1,3-8H2. The Kier molecular flexibility index (Phi) is 6.37. The van der Waals surface area contributed by atoms with Gasteiger partial charge in [-0.15, -0.1) is 6.58 Å². The molecule has 1 saturated carbocycles. The first-order valence-corrected chi connectivity index (χ1v) is 9.61. The average molecular weight is 349 g/mol. The van der Waals surface area contributed by atoms with E-state index in [9.17, 15) is 0 Å². The van der Waals surface area contributed by atoms with E-state index in [1.54, 1.807) is 0 Å². The van der Waals surface area contributed by atoms with E-state index < -0.39 is 0 Å². The summed E-state index contributed by atoms with van der Waals surface area (Å²) < 4.78 is 0. The van der Waals surface area contributed by atoms with Gasteiger partial charge in [0.05, 0.1) is 0 Å². The van der Waals surface area contributed by atoms with E-state index in [1.807, 2.05) is 30.3 Å². The number of allylic oxidation sites excluding steroid dienone is 1. The van der Waals surface area contributed by atoms with Crippen LogP contribution in [0.25, 0.3) is 11.1 Å². The molecule has 3 rings (SSSR count). The monoisotopic (exact) mass is 348 g/mol. The number of hydrogen-bond acceptors (Lipinski definition) is 0. The molecule has 0 N–H and O–H groups in total. The van der Waals surface area contributed by atoms with E-state index in [0.29, 0.717) is 5.92 Å². The molecule has 0 aliphatic heterocycles. The highest BCUT2D eigenvalue weighted by Gasteiger charge is 2.18. The van der Waals surface area contributed by atoms with Crippen LogP contribution in [-0.4, -0.2) is 0 Å². The summed E-state index contributed by atoms with van der Waals surface area (Å²) in [6.07, 6.45) is 9.64. The van der Waals surface area contributed by atoms with Gasteiger partial charge in [-0.3, -0.25) is 0 Å². The topological polar surface area (TPSA) is 0 Å². The summed E-state index contributed by atoms with van der Waals surface area (Å²) in [5.41, 5.74) is 3.48. The molecule has 0 spiro atoms. The van der Waals surface area contributed by atoms with Gasteiger partial charge >= 0.3 is 0 Å². The van der Waals surface area contributed by atoms with Crippen LogP contribution in [0, 0.1) is 23.7 Å². The number of benzene rings is 2. The van der Waals surface area contributed by atoms with Crippen molar-refractivity contribution in [3.8, 4) is 23.0 Å². The molecule has 0 saturated heterocycles. The fraction of sp³-hybridized carbons (Fsp3) is 0.333. The van der Waals surface area contributed by atoms with Crippen molar-refractivity contribution in [2.24, 2.45) is 11.8 Å². The Morgan fingerprint density at radius 1 is 0.920 bits per heavy atom. The Bertz CT molecular complexity index is 735. The molecule has 128 valence electrons. The van der Waals surface area contributed by atoms with Crippen molar-refractivity contribution in [1.82, 2.24) is 0 Å². The van der Waals surface area contributed by atoms with Gasteiger partial charge in [-0.25, -0.2) is 0 Å². The summed E-state index contributed by atoms with van der Waals surface area (Å²) >= 11 is 5.95. The fourth-order valence-electron chi connectivity index (χ4n) is 3.52. The lowest BCUT2D eigenvalue weighted by Crippen LogP contribution is -2.13. The van der Waals surface area contributed by atoms with E-state index in [2.05, 4.69) is 42.7 Å². The van der Waals surface area contributed by atoms with Crippen molar-refractivity contribution in [2.45, 2.75) is 38.5 Å². The van der Waals surface area contributed by atoms with E-state index in [4.69, 9.17) is 11.6 Å². The normalized spacial score (nSPS) is 19.7. The van der Waals surface area contributed by atoms with Crippen molar-refractivity contribution in [3.63, 3.8) is 0 Å². The fourth-order valence-corrected chi connectivity index (χ4v) is 3.65. The van der Waals surface area contributed by atoms with Crippen molar-refractivity contribution < 1.29 is 0 Å². The molecule has 0 aromatic heterocycles. The summed E-state index contributed by atoms with van der Waals surface area (Å²) in [5, 5.41) is 0.769. The summed E-state index contributed by atoms with van der Waals surface area (Å²) in [6, 6.07) is 16.5. The van der Waals surface area contributed by atoms with Gasteiger partial charge in [-0.05, 0) is 79.8 Å². The third-order valence-electron chi connectivity index (χ3n) is 5.11. The zero-order valence-corrected chi connectivity index (χ0v) is 15.4. The number of rotatable bonds is 4. The molecule has 1 heteroatoms. The third kappa shape index (κ3) is 5.25. The minimum atomic E-state index is 0.566. The minimum absolute atomic E-state index is 0.566. The van der Waals surface area contributed by atoms with Crippen LogP contribution >= 0.6 is 11.6 Å². The zero-order chi connectivity index (χ0) is 17.5. The second kappa shape index (κ2) is 8.93. The van der Waals surface area contributed by atoms with Crippen molar-refractivity contribution >= 4 is 11.6 Å². The van der Waals surface area contributed by atoms with Crippen molar-refractivity contribution in [3.05, 3.63) is 71.8 Å². The number of halogens is 1. The first-order chi connectivity index (χ1) is 12.2. The lowest BCUT2D eigenvalue weighted by atomic mass is 9.80. The molecule has 0 atom stereocenters. The molecule has 0 heterocycles. The van der Waals surface area contributed by atoms with Gasteiger partial charge in [0.1, 0.15) is 0 Å². The molecule has 1 aliphatic rings. The number of hydrogen-bond donors (Lipinski definition) is 0. The summed E-state index contributed by atoms with van der Waals surface area (Å²) in [5.74, 6) is 8.32. The van der Waals surface area contributed by atoms with Gasteiger partial charge in [0, 0.05) is 16.5 Å². The molecule has 1 fully saturated rings. The Morgan fingerprint density at radius 3 is 2.12 bits per heavy atom. The van der Waals surface area contributed by atoms with Crippen molar-refractivity contribution in [1.29, 1.82) is 0 Å². The van der Waals surface area contributed by atoms with Crippen molar-refractivity contribution in [2.75, 3.05) is 0 Å². The van der Waals surface area contributed by atoms with Gasteiger partial charge in [0.15, 0.2) is 0 Å². The molecule has 2 aromatic rings. The first-order valence-electron chi connectivity index (χ1n) is 9.23. The molecule has 0 unspecified atom stereocenters. The largest absolute Gasteiger partial charge is 0.103 e. The quantitative estimate of drug-likeness (QED) is 0.407. The van der Waals surface area contributed by atoms with E-state index in [0.717, 1.165) is 22.9 Å². The first kappa shape index (κ1) is 17.8. The molecular formula is C24H25Cl. The lowest BCUT2D eigenvalue weighted by Gasteiger charge is -2.25. The Balaban J connectivity index is 1.57. The molecule has 25 heavy (non-hydrogen) atoms. The van der Waals surface area contributed by atoms with Gasteiger partial charge < -0.3 is 0 Å². The highest BCUT2D eigenvalue weighted by Crippen LogP contribution is 2.31. The maximum Gasteiger partial charge on any atom is 0.0406 e. The Labute approximate surface area is 156 Å². The maximum absolute atomic E-state index is 5.95. The average Bonchev–Trinajstić information content (AvgIpc) is 2.67. The van der Waals surface area contributed by atoms with Crippen LogP contribution in [0.5, 0.6) is 0 Å². The smallest absolute Gasteiger partial charge is 0.0406 e. The lowest BCUT2D eigenvalue weighted by molar-refractivity contribution is 0.303. The second-order valence-electron chi connectivity index (χ2n) is 6.94. The molecule has 0 radical (unpaired) electrons. The van der Waals surface area contributed by atoms with Crippen LogP contribution in [0.15, 0.2) is 61.2 Å². The van der Waals surface area contributed by atoms with Gasteiger partial charge in [-0.1, -0.05) is 53.8 Å². The maximum atomic E-state index is 5.95. The van der Waals surface area contributed by atoms with Gasteiger partial charge in [0.2, 0.25) is 0 Å². The Hall–Kier alpha value is -1.97. The van der Waals surface area contributed by atoms with Crippen LogP contribution in [0.2, 0.25) is 5.02 Å². The predicted molar refractivity (Wildman–Crippen MR) is 109 cm³/mol. The summed E-state index contributed by atoms with van der Waals surface area (Å²) in [7, 11) is 0. The summed E-state index contributed by atoms with van der Waals surface area (Å²) in [6.45, 7) is 3.82. The van der Waals surface area contributed by atoms with Gasteiger partial charge in [0.25, 0.3) is 0 Å². The highest BCUT2D eigenvalue weighted by molar-refractivity contribution is 6.30. The Morgan fingerprint density at radius 2 is 1.52 bits per heavy atom. The van der Waals surface area contributed by atoms with Crippen LogP contribution in [0.4, 0.5) is 0 Å². The van der Waals surface area contributed by atoms with E-state index >= 15 is 0 Å². The molecular weight excluding hydrogens is 324 g/mol. The van der Waals surface area contributed by atoms with Crippen LogP contribution in [0.1, 0.15) is 44.1 Å². The minimum Gasteiger partial charge on any atom is -0.103 e. The molecule has 0 bridgehead atoms. The highest BCUT2D eigenvalue weighted by atomic mass is 35.5. The molecule has 0 nitrogen and oxygen atoms in total.